The van der Waals surface area contributed by atoms with Gasteiger partial charge in [-0.15, -0.1) is 0 Å². The van der Waals surface area contributed by atoms with Crippen LogP contribution >= 0.6 is 23.2 Å². The van der Waals surface area contributed by atoms with Gasteiger partial charge in [-0.05, 0) is 36.6 Å². The van der Waals surface area contributed by atoms with E-state index < -0.39 is 11.4 Å². The normalized spacial score (nSPS) is 16.5. The number of carbonyl (C=O) groups is 2. The lowest BCUT2D eigenvalue weighted by Gasteiger charge is -2.39. The number of nitrogens with zero attached hydrogens (tertiary/aromatic N) is 1. The highest BCUT2D eigenvalue weighted by Gasteiger charge is 2.43. The van der Waals surface area contributed by atoms with Crippen molar-refractivity contribution >= 4 is 35.1 Å². The maximum atomic E-state index is 12.7. The Balaban J connectivity index is 1.80. The molecular formula is C19H17Cl2NO3. The van der Waals surface area contributed by atoms with Gasteiger partial charge in [0, 0.05) is 28.7 Å². The summed E-state index contributed by atoms with van der Waals surface area (Å²) >= 11 is 11.9. The fraction of sp³-hybridized carbons (Fsp3) is 0.263. The van der Waals surface area contributed by atoms with Gasteiger partial charge in [-0.3, -0.25) is 9.59 Å². The number of hydrogen-bond acceptors (Lipinski definition) is 2. The van der Waals surface area contributed by atoms with E-state index in [0.29, 0.717) is 41.5 Å². The van der Waals surface area contributed by atoms with E-state index in [0.717, 1.165) is 5.56 Å². The number of likely N-dealkylation sites (tertiary alicyclic amines) is 1. The molecule has 0 bridgehead atoms. The lowest BCUT2D eigenvalue weighted by atomic mass is 9.73. The number of carboxylic acids is 1. The molecule has 1 amide bonds. The first-order valence-corrected chi connectivity index (χ1v) is 8.72. The fourth-order valence-corrected chi connectivity index (χ4v) is 3.86. The van der Waals surface area contributed by atoms with Crippen molar-refractivity contribution in [3.8, 4) is 0 Å². The van der Waals surface area contributed by atoms with Crippen molar-refractivity contribution in [2.24, 2.45) is 0 Å². The summed E-state index contributed by atoms with van der Waals surface area (Å²) in [5.74, 6) is -1.03. The monoisotopic (exact) mass is 377 g/mol. The molecule has 0 saturated carbocycles. The minimum atomic E-state index is -0.954. The average Bonchev–Trinajstić information content (AvgIpc) is 2.61. The Bertz CT molecular complexity index is 779. The molecule has 0 aromatic heterocycles. The zero-order chi connectivity index (χ0) is 18.0. The van der Waals surface area contributed by atoms with Crippen LogP contribution in [0.3, 0.4) is 0 Å². The number of halogens is 2. The molecular weight excluding hydrogens is 361 g/mol. The van der Waals surface area contributed by atoms with E-state index in [2.05, 4.69) is 0 Å². The molecule has 0 aliphatic carbocycles. The third-order valence-electron chi connectivity index (χ3n) is 4.75. The van der Waals surface area contributed by atoms with Crippen LogP contribution < -0.4 is 0 Å². The molecule has 2 aromatic carbocycles. The van der Waals surface area contributed by atoms with E-state index in [9.17, 15) is 14.7 Å². The first kappa shape index (κ1) is 17.8. The number of carbonyl (C=O) groups excluding carboxylic acids is 1. The van der Waals surface area contributed by atoms with Gasteiger partial charge in [0.1, 0.15) is 0 Å². The maximum Gasteiger partial charge on any atom is 0.314 e. The van der Waals surface area contributed by atoms with Gasteiger partial charge in [-0.25, -0.2) is 0 Å². The summed E-state index contributed by atoms with van der Waals surface area (Å²) in [6, 6.07) is 13.9. The van der Waals surface area contributed by atoms with E-state index in [-0.39, 0.29) is 5.91 Å². The van der Waals surface area contributed by atoms with Crippen LogP contribution in [0.2, 0.25) is 10.0 Å². The van der Waals surface area contributed by atoms with E-state index in [1.807, 2.05) is 30.3 Å². The van der Waals surface area contributed by atoms with Gasteiger partial charge >= 0.3 is 5.97 Å². The second-order valence-corrected chi connectivity index (χ2v) is 7.08. The minimum absolute atomic E-state index is 0.184. The van der Waals surface area contributed by atoms with Crippen molar-refractivity contribution in [1.82, 2.24) is 4.90 Å². The van der Waals surface area contributed by atoms with Crippen LogP contribution in [0.1, 0.15) is 28.8 Å². The highest BCUT2D eigenvalue weighted by atomic mass is 35.5. The van der Waals surface area contributed by atoms with Crippen LogP contribution in [-0.4, -0.2) is 35.0 Å². The number of amides is 1. The minimum Gasteiger partial charge on any atom is -0.481 e. The lowest BCUT2D eigenvalue weighted by molar-refractivity contribution is -0.145. The number of piperidine rings is 1. The Labute approximate surface area is 156 Å². The predicted octanol–water partition coefficient (Wildman–Crippen LogP) is 4.25. The SMILES string of the molecule is O=C(c1cc(Cl)cc(Cl)c1)N1CCC(C(=O)O)(c2ccccc2)CC1. The molecule has 6 heteroatoms. The third-order valence-corrected chi connectivity index (χ3v) is 5.19. The zero-order valence-electron chi connectivity index (χ0n) is 13.4. The largest absolute Gasteiger partial charge is 0.481 e. The summed E-state index contributed by atoms with van der Waals surface area (Å²) in [4.78, 5) is 26.3. The van der Waals surface area contributed by atoms with Gasteiger partial charge in [0.15, 0.2) is 0 Å². The van der Waals surface area contributed by atoms with Crippen molar-refractivity contribution in [1.29, 1.82) is 0 Å². The summed E-state index contributed by atoms with van der Waals surface area (Å²) in [5.41, 5.74) is 0.241. The van der Waals surface area contributed by atoms with Crippen LogP contribution in [0.5, 0.6) is 0 Å². The number of hydrogen-bond donors (Lipinski definition) is 1. The summed E-state index contributed by atoms with van der Waals surface area (Å²) < 4.78 is 0. The molecule has 2 aromatic rings. The molecule has 0 atom stereocenters. The number of carboxylic acid groups (broad SMARTS) is 1. The molecule has 1 heterocycles. The second kappa shape index (κ2) is 7.06. The first-order chi connectivity index (χ1) is 11.9. The Morgan fingerprint density at radius 3 is 2.04 bits per heavy atom. The predicted molar refractivity (Wildman–Crippen MR) is 97.4 cm³/mol. The van der Waals surface area contributed by atoms with Gasteiger partial charge < -0.3 is 10.0 Å². The molecule has 1 N–H and O–H groups in total. The van der Waals surface area contributed by atoms with Gasteiger partial charge in [-0.1, -0.05) is 53.5 Å². The average molecular weight is 378 g/mol. The molecule has 3 rings (SSSR count). The Hall–Kier alpha value is -2.04. The van der Waals surface area contributed by atoms with Crippen molar-refractivity contribution in [2.45, 2.75) is 18.3 Å². The Kier molecular flexibility index (Phi) is 5.02. The van der Waals surface area contributed by atoms with Crippen LogP contribution in [0, 0.1) is 0 Å². The highest BCUT2D eigenvalue weighted by Crippen LogP contribution is 2.36. The molecule has 0 unspecified atom stereocenters. The molecule has 1 aliphatic heterocycles. The maximum absolute atomic E-state index is 12.7. The molecule has 1 fully saturated rings. The van der Waals surface area contributed by atoms with E-state index in [1.54, 1.807) is 23.1 Å². The molecule has 1 saturated heterocycles. The quantitative estimate of drug-likeness (QED) is 0.869. The van der Waals surface area contributed by atoms with Crippen molar-refractivity contribution in [2.75, 3.05) is 13.1 Å². The highest BCUT2D eigenvalue weighted by molar-refractivity contribution is 6.35. The summed E-state index contributed by atoms with van der Waals surface area (Å²) in [7, 11) is 0. The van der Waals surface area contributed by atoms with Crippen molar-refractivity contribution < 1.29 is 14.7 Å². The molecule has 25 heavy (non-hydrogen) atoms. The number of benzene rings is 2. The van der Waals surface area contributed by atoms with Crippen LogP contribution in [0.15, 0.2) is 48.5 Å². The van der Waals surface area contributed by atoms with Crippen LogP contribution in [0.4, 0.5) is 0 Å². The number of rotatable bonds is 3. The van der Waals surface area contributed by atoms with E-state index >= 15 is 0 Å². The summed E-state index contributed by atoms with van der Waals surface area (Å²) in [6.45, 7) is 0.730. The van der Waals surface area contributed by atoms with Crippen molar-refractivity contribution in [3.05, 3.63) is 69.7 Å². The Morgan fingerprint density at radius 1 is 0.960 bits per heavy atom. The Morgan fingerprint density at radius 2 is 1.52 bits per heavy atom. The molecule has 0 radical (unpaired) electrons. The molecule has 4 nitrogen and oxygen atoms in total. The lowest BCUT2D eigenvalue weighted by Crippen LogP contribution is -2.49. The van der Waals surface area contributed by atoms with Crippen molar-refractivity contribution in [3.63, 3.8) is 0 Å². The zero-order valence-corrected chi connectivity index (χ0v) is 14.9. The van der Waals surface area contributed by atoms with Gasteiger partial charge in [0.25, 0.3) is 5.91 Å². The van der Waals surface area contributed by atoms with Gasteiger partial charge in [-0.2, -0.15) is 0 Å². The first-order valence-electron chi connectivity index (χ1n) is 7.97. The van der Waals surface area contributed by atoms with Gasteiger partial charge in [0.2, 0.25) is 0 Å². The standard InChI is InChI=1S/C19H17Cl2NO3/c20-15-10-13(11-16(21)12-15)17(23)22-8-6-19(7-9-22,18(24)25)14-4-2-1-3-5-14/h1-5,10-12H,6-9H2,(H,24,25). The van der Waals surface area contributed by atoms with E-state index in [1.165, 1.54) is 0 Å². The summed E-state index contributed by atoms with van der Waals surface area (Å²) in [5, 5.41) is 10.6. The molecule has 1 aliphatic rings. The molecule has 130 valence electrons. The number of aliphatic carboxylic acids is 1. The topological polar surface area (TPSA) is 57.6 Å². The van der Waals surface area contributed by atoms with Crippen LogP contribution in [0.25, 0.3) is 0 Å². The summed E-state index contributed by atoms with van der Waals surface area (Å²) in [6.07, 6.45) is 0.735. The second-order valence-electron chi connectivity index (χ2n) is 6.20. The van der Waals surface area contributed by atoms with Gasteiger partial charge in [0.05, 0.1) is 5.41 Å². The van der Waals surface area contributed by atoms with Crippen LogP contribution in [-0.2, 0) is 10.2 Å². The van der Waals surface area contributed by atoms with E-state index in [4.69, 9.17) is 23.2 Å². The smallest absolute Gasteiger partial charge is 0.314 e. The third kappa shape index (κ3) is 3.51. The fourth-order valence-electron chi connectivity index (χ4n) is 3.33. The molecule has 0 spiro atoms.